The van der Waals surface area contributed by atoms with Gasteiger partial charge in [0.2, 0.25) is 0 Å². The predicted molar refractivity (Wildman–Crippen MR) is 59.3 cm³/mol. The van der Waals surface area contributed by atoms with Crippen LogP contribution >= 0.6 is 0 Å². The first-order valence-electron chi connectivity index (χ1n) is 5.45. The van der Waals surface area contributed by atoms with Gasteiger partial charge in [0.15, 0.2) is 0 Å². The van der Waals surface area contributed by atoms with Gasteiger partial charge in [0.1, 0.15) is 0 Å². The molecule has 0 aromatic rings. The van der Waals surface area contributed by atoms with Crippen LogP contribution in [0.15, 0.2) is 11.6 Å². The number of nitriles is 1. The zero-order chi connectivity index (χ0) is 11.5. The zero-order valence-electron chi connectivity index (χ0n) is 9.33. The molecule has 0 aromatic heterocycles. The van der Waals surface area contributed by atoms with E-state index < -0.39 is 5.97 Å². The summed E-state index contributed by atoms with van der Waals surface area (Å²) >= 11 is 0. The minimum absolute atomic E-state index is 0.430. The van der Waals surface area contributed by atoms with Crippen molar-refractivity contribution in [2.24, 2.45) is 0 Å². The summed E-state index contributed by atoms with van der Waals surface area (Å²) in [6.07, 6.45) is 8.66. The Bertz CT molecular complexity index is 251. The highest BCUT2D eigenvalue weighted by atomic mass is 16.4. The summed E-state index contributed by atoms with van der Waals surface area (Å²) in [7, 11) is 0. The molecule has 0 spiro atoms. The van der Waals surface area contributed by atoms with E-state index in [1.807, 2.05) is 0 Å². The number of hydrogen-bond donors (Lipinski definition) is 1. The molecule has 0 bridgehead atoms. The van der Waals surface area contributed by atoms with Gasteiger partial charge >= 0.3 is 5.97 Å². The van der Waals surface area contributed by atoms with E-state index in [4.69, 9.17) is 10.4 Å². The molecule has 0 aliphatic heterocycles. The summed E-state index contributed by atoms with van der Waals surface area (Å²) in [4.78, 5) is 10.4. The normalized spacial score (nSPS) is 11.1. The number of carbonyl (C=O) groups is 1. The molecule has 84 valence electrons. The highest BCUT2D eigenvalue weighted by Gasteiger charge is 1.97. The molecule has 1 N–H and O–H groups in total. The van der Waals surface area contributed by atoms with E-state index in [2.05, 4.69) is 6.07 Å². The summed E-state index contributed by atoms with van der Waals surface area (Å²) < 4.78 is 0. The fraction of sp³-hybridized carbons (Fsp3) is 0.667. The van der Waals surface area contributed by atoms with E-state index in [-0.39, 0.29) is 0 Å². The van der Waals surface area contributed by atoms with E-state index in [9.17, 15) is 4.79 Å². The topological polar surface area (TPSA) is 61.1 Å². The second-order valence-corrected chi connectivity index (χ2v) is 3.66. The van der Waals surface area contributed by atoms with Gasteiger partial charge in [-0.05, 0) is 26.2 Å². The lowest BCUT2D eigenvalue weighted by molar-refractivity contribution is -0.132. The van der Waals surface area contributed by atoms with Gasteiger partial charge < -0.3 is 5.11 Å². The third kappa shape index (κ3) is 9.01. The summed E-state index contributed by atoms with van der Waals surface area (Å²) in [6, 6.07) is 2.12. The first kappa shape index (κ1) is 13.7. The van der Waals surface area contributed by atoms with Crippen molar-refractivity contribution < 1.29 is 9.90 Å². The van der Waals surface area contributed by atoms with E-state index in [1.165, 1.54) is 0 Å². The molecular weight excluding hydrogens is 190 g/mol. The zero-order valence-corrected chi connectivity index (χ0v) is 9.33. The lowest BCUT2D eigenvalue weighted by Gasteiger charge is -1.98. The van der Waals surface area contributed by atoms with Crippen molar-refractivity contribution in [3.63, 3.8) is 0 Å². The van der Waals surface area contributed by atoms with Crippen molar-refractivity contribution in [3.05, 3.63) is 11.6 Å². The van der Waals surface area contributed by atoms with Gasteiger partial charge in [-0.15, -0.1) is 0 Å². The van der Waals surface area contributed by atoms with Gasteiger partial charge in [0.25, 0.3) is 0 Å². The first-order chi connectivity index (χ1) is 7.18. The van der Waals surface area contributed by atoms with E-state index in [0.717, 1.165) is 38.5 Å². The monoisotopic (exact) mass is 209 g/mol. The predicted octanol–water partition coefficient (Wildman–Crippen LogP) is 3.27. The number of carboxylic acids is 1. The number of allylic oxidation sites excluding steroid dienone is 1. The number of rotatable bonds is 8. The third-order valence-electron chi connectivity index (χ3n) is 2.28. The van der Waals surface area contributed by atoms with Crippen LogP contribution in [0.25, 0.3) is 0 Å². The van der Waals surface area contributed by atoms with Gasteiger partial charge in [-0.2, -0.15) is 5.26 Å². The molecule has 0 unspecified atom stereocenters. The Hall–Kier alpha value is -1.30. The van der Waals surface area contributed by atoms with E-state index in [1.54, 1.807) is 13.0 Å². The second-order valence-electron chi connectivity index (χ2n) is 3.66. The molecule has 0 amide bonds. The Morgan fingerprint density at radius 2 is 1.87 bits per heavy atom. The molecule has 0 aromatic carbocycles. The number of unbranched alkanes of at least 4 members (excludes halogenated alkanes) is 6. The van der Waals surface area contributed by atoms with Gasteiger partial charge in [0.05, 0.1) is 6.07 Å². The molecule has 3 heteroatoms. The van der Waals surface area contributed by atoms with Crippen molar-refractivity contribution in [2.75, 3.05) is 0 Å². The van der Waals surface area contributed by atoms with Crippen LogP contribution in [0.4, 0.5) is 0 Å². The van der Waals surface area contributed by atoms with Gasteiger partial charge in [-0.3, -0.25) is 0 Å². The second kappa shape index (κ2) is 9.26. The van der Waals surface area contributed by atoms with Crippen molar-refractivity contribution >= 4 is 5.97 Å². The minimum atomic E-state index is -0.830. The maximum absolute atomic E-state index is 10.4. The molecule has 0 radical (unpaired) electrons. The van der Waals surface area contributed by atoms with Crippen LogP contribution in [0.1, 0.15) is 51.9 Å². The summed E-state index contributed by atoms with van der Waals surface area (Å²) in [5.74, 6) is -0.830. The quantitative estimate of drug-likeness (QED) is 0.493. The Kier molecular flexibility index (Phi) is 8.46. The van der Waals surface area contributed by atoms with Crippen LogP contribution in [0.2, 0.25) is 0 Å². The highest BCUT2D eigenvalue weighted by Crippen LogP contribution is 2.08. The molecule has 0 saturated heterocycles. The van der Waals surface area contributed by atoms with Crippen molar-refractivity contribution in [2.45, 2.75) is 51.9 Å². The Balaban J connectivity index is 3.29. The molecule has 0 saturated carbocycles. The fourth-order valence-corrected chi connectivity index (χ4v) is 1.28. The molecule has 0 aliphatic carbocycles. The molecule has 0 rings (SSSR count). The van der Waals surface area contributed by atoms with Crippen LogP contribution in [-0.4, -0.2) is 11.1 Å². The SMILES string of the molecule is CC(=CCCCCCCCC#N)C(=O)O. The molecule has 0 atom stereocenters. The molecule has 0 aliphatic rings. The molecule has 3 nitrogen and oxygen atoms in total. The van der Waals surface area contributed by atoms with Gasteiger partial charge in [-0.25, -0.2) is 4.79 Å². The number of nitrogens with zero attached hydrogens (tertiary/aromatic N) is 1. The Morgan fingerprint density at radius 1 is 1.27 bits per heavy atom. The van der Waals surface area contributed by atoms with Crippen LogP contribution < -0.4 is 0 Å². The Morgan fingerprint density at radius 3 is 2.47 bits per heavy atom. The Labute approximate surface area is 91.4 Å². The molecule has 0 heterocycles. The maximum Gasteiger partial charge on any atom is 0.330 e. The van der Waals surface area contributed by atoms with Crippen LogP contribution in [0.5, 0.6) is 0 Å². The van der Waals surface area contributed by atoms with Crippen molar-refractivity contribution in [1.82, 2.24) is 0 Å². The minimum Gasteiger partial charge on any atom is -0.478 e. The summed E-state index contributed by atoms with van der Waals surface area (Å²) in [6.45, 7) is 1.62. The molecule has 15 heavy (non-hydrogen) atoms. The van der Waals surface area contributed by atoms with Crippen LogP contribution in [-0.2, 0) is 4.79 Å². The number of aliphatic carboxylic acids is 1. The van der Waals surface area contributed by atoms with Crippen molar-refractivity contribution in [3.8, 4) is 6.07 Å². The highest BCUT2D eigenvalue weighted by molar-refractivity contribution is 5.85. The van der Waals surface area contributed by atoms with Gasteiger partial charge in [0, 0.05) is 12.0 Å². The third-order valence-corrected chi connectivity index (χ3v) is 2.28. The fourth-order valence-electron chi connectivity index (χ4n) is 1.28. The average Bonchev–Trinajstić information content (AvgIpc) is 2.21. The van der Waals surface area contributed by atoms with E-state index >= 15 is 0 Å². The van der Waals surface area contributed by atoms with Gasteiger partial charge in [-0.1, -0.05) is 25.3 Å². The molecule has 0 fully saturated rings. The van der Waals surface area contributed by atoms with Crippen LogP contribution in [0, 0.1) is 11.3 Å². The smallest absolute Gasteiger partial charge is 0.330 e. The van der Waals surface area contributed by atoms with E-state index in [0.29, 0.717) is 12.0 Å². The maximum atomic E-state index is 10.4. The number of carboxylic acid groups (broad SMARTS) is 1. The molecular formula is C12H19NO2. The lowest BCUT2D eigenvalue weighted by atomic mass is 10.1. The van der Waals surface area contributed by atoms with Crippen molar-refractivity contribution in [1.29, 1.82) is 5.26 Å². The van der Waals surface area contributed by atoms with Crippen LogP contribution in [0.3, 0.4) is 0 Å². The number of hydrogen-bond acceptors (Lipinski definition) is 2. The summed E-state index contributed by atoms with van der Waals surface area (Å²) in [5.41, 5.74) is 0.430. The largest absolute Gasteiger partial charge is 0.478 e. The first-order valence-corrected chi connectivity index (χ1v) is 5.45. The standard InChI is InChI=1S/C12H19NO2/c1-11(12(14)15)9-7-5-3-2-4-6-8-10-13/h9H,2-8H2,1H3,(H,14,15). The summed E-state index contributed by atoms with van der Waals surface area (Å²) in [5, 5.41) is 16.9. The average molecular weight is 209 g/mol. The lowest BCUT2D eigenvalue weighted by Crippen LogP contribution is -1.95.